The fraction of sp³-hybridized carbons (Fsp3) is 0.417. The van der Waals surface area contributed by atoms with Gasteiger partial charge >= 0.3 is 0 Å². The molecule has 0 radical (unpaired) electrons. The Bertz CT molecular complexity index is 427. The van der Waals surface area contributed by atoms with Gasteiger partial charge < -0.3 is 11.1 Å². The van der Waals surface area contributed by atoms with E-state index in [-0.39, 0.29) is 11.4 Å². The Morgan fingerprint density at radius 2 is 2.19 bits per heavy atom. The van der Waals surface area contributed by atoms with E-state index in [1.54, 1.807) is 18.2 Å². The maximum absolute atomic E-state index is 12.0. The van der Waals surface area contributed by atoms with Gasteiger partial charge in [0.25, 0.3) is 5.91 Å². The number of hydrogen-bond acceptors (Lipinski definition) is 2. The summed E-state index contributed by atoms with van der Waals surface area (Å²) in [6.07, 6.45) is 3.30. The van der Waals surface area contributed by atoms with Crippen LogP contribution in [-0.4, -0.2) is 11.4 Å². The number of carbonyl (C=O) groups excluding carboxylic acids is 1. The lowest BCUT2D eigenvalue weighted by molar-refractivity contribution is 0.0849. The van der Waals surface area contributed by atoms with Gasteiger partial charge in [-0.05, 0) is 60.3 Å². The minimum Gasteiger partial charge on any atom is -0.399 e. The number of nitrogens with one attached hydrogen (secondary N) is 1. The Balaban J connectivity index is 2.17. The Labute approximate surface area is 104 Å². The minimum absolute atomic E-state index is 0.0267. The molecule has 0 atom stereocenters. The van der Waals surface area contributed by atoms with Crippen LogP contribution in [0.1, 0.15) is 36.5 Å². The van der Waals surface area contributed by atoms with Gasteiger partial charge in [0, 0.05) is 15.7 Å². The van der Waals surface area contributed by atoms with E-state index in [4.69, 9.17) is 5.73 Å². The number of benzene rings is 1. The molecular formula is C12H15BrN2O. The van der Waals surface area contributed by atoms with Crippen molar-refractivity contribution in [3.05, 3.63) is 28.2 Å². The molecule has 0 unspecified atom stereocenters. The molecule has 4 heteroatoms. The third-order valence-electron chi connectivity index (χ3n) is 3.11. The number of rotatable bonds is 2. The number of anilines is 1. The summed E-state index contributed by atoms with van der Waals surface area (Å²) in [4.78, 5) is 12.0. The lowest BCUT2D eigenvalue weighted by atomic mass is 9.78. The molecule has 1 aromatic carbocycles. The Morgan fingerprint density at radius 3 is 2.75 bits per heavy atom. The zero-order valence-electron chi connectivity index (χ0n) is 9.22. The second kappa shape index (κ2) is 4.09. The van der Waals surface area contributed by atoms with Crippen LogP contribution >= 0.6 is 15.9 Å². The molecule has 86 valence electrons. The van der Waals surface area contributed by atoms with E-state index in [0.717, 1.165) is 17.3 Å². The number of amides is 1. The zero-order valence-corrected chi connectivity index (χ0v) is 10.8. The van der Waals surface area contributed by atoms with E-state index in [1.807, 2.05) is 0 Å². The third kappa shape index (κ3) is 2.21. The monoisotopic (exact) mass is 282 g/mol. The fourth-order valence-corrected chi connectivity index (χ4v) is 2.32. The van der Waals surface area contributed by atoms with Gasteiger partial charge in [-0.3, -0.25) is 4.79 Å². The van der Waals surface area contributed by atoms with E-state index < -0.39 is 0 Å². The smallest absolute Gasteiger partial charge is 0.252 e. The molecule has 16 heavy (non-hydrogen) atoms. The molecule has 0 bridgehead atoms. The average molecular weight is 283 g/mol. The second-order valence-electron chi connectivity index (χ2n) is 4.61. The molecular weight excluding hydrogens is 268 g/mol. The molecule has 1 saturated carbocycles. The van der Waals surface area contributed by atoms with Crippen LogP contribution in [0.3, 0.4) is 0 Å². The summed E-state index contributed by atoms with van der Waals surface area (Å²) in [6, 6.07) is 5.26. The molecule has 1 amide bonds. The fourth-order valence-electron chi connectivity index (χ4n) is 1.89. The van der Waals surface area contributed by atoms with Crippen LogP contribution in [0, 0.1) is 0 Å². The standard InChI is InChI=1S/C12H15BrN2O/c1-12(5-2-6-12)15-11(16)9-7-8(14)3-4-10(9)13/h3-4,7H,2,5-6,14H2,1H3,(H,15,16). The van der Waals surface area contributed by atoms with E-state index >= 15 is 0 Å². The number of hydrogen-bond donors (Lipinski definition) is 2. The van der Waals surface area contributed by atoms with Gasteiger partial charge in [0.1, 0.15) is 0 Å². The summed E-state index contributed by atoms with van der Waals surface area (Å²) >= 11 is 3.36. The number of nitrogen functional groups attached to an aromatic ring is 1. The van der Waals surface area contributed by atoms with Crippen molar-refractivity contribution in [1.29, 1.82) is 0 Å². The number of carbonyl (C=O) groups is 1. The number of halogens is 1. The molecule has 0 saturated heterocycles. The van der Waals surface area contributed by atoms with Crippen molar-refractivity contribution in [3.63, 3.8) is 0 Å². The van der Waals surface area contributed by atoms with Crippen LogP contribution in [0.25, 0.3) is 0 Å². The van der Waals surface area contributed by atoms with Gasteiger partial charge in [0.05, 0.1) is 5.56 Å². The summed E-state index contributed by atoms with van der Waals surface area (Å²) < 4.78 is 0.780. The maximum atomic E-state index is 12.0. The highest BCUT2D eigenvalue weighted by Crippen LogP contribution is 2.31. The topological polar surface area (TPSA) is 55.1 Å². The highest BCUT2D eigenvalue weighted by molar-refractivity contribution is 9.10. The third-order valence-corrected chi connectivity index (χ3v) is 3.80. The molecule has 3 nitrogen and oxygen atoms in total. The summed E-state index contributed by atoms with van der Waals surface area (Å²) in [5.41, 5.74) is 6.86. The molecule has 0 spiro atoms. The Hall–Kier alpha value is -1.03. The average Bonchev–Trinajstić information content (AvgIpc) is 2.19. The van der Waals surface area contributed by atoms with Crippen molar-refractivity contribution >= 4 is 27.5 Å². The van der Waals surface area contributed by atoms with Gasteiger partial charge in [-0.15, -0.1) is 0 Å². The summed E-state index contributed by atoms with van der Waals surface area (Å²) in [5, 5.41) is 3.05. The van der Waals surface area contributed by atoms with E-state index in [2.05, 4.69) is 28.2 Å². The van der Waals surface area contributed by atoms with Crippen LogP contribution < -0.4 is 11.1 Å². The van der Waals surface area contributed by atoms with Crippen LogP contribution in [-0.2, 0) is 0 Å². The SMILES string of the molecule is CC1(NC(=O)c2cc(N)ccc2Br)CCC1. The first-order chi connectivity index (χ1) is 7.50. The van der Waals surface area contributed by atoms with Crippen LogP contribution in [0.5, 0.6) is 0 Å². The van der Waals surface area contributed by atoms with E-state index in [1.165, 1.54) is 6.42 Å². The molecule has 0 aliphatic heterocycles. The molecule has 3 N–H and O–H groups in total. The first-order valence-corrected chi connectivity index (χ1v) is 6.17. The van der Waals surface area contributed by atoms with E-state index in [9.17, 15) is 4.79 Å². The predicted octanol–water partition coefficient (Wildman–Crippen LogP) is 2.70. The van der Waals surface area contributed by atoms with Crippen molar-refractivity contribution < 1.29 is 4.79 Å². The maximum Gasteiger partial charge on any atom is 0.252 e. The quantitative estimate of drug-likeness (QED) is 0.820. The molecule has 1 aliphatic carbocycles. The summed E-state index contributed by atoms with van der Waals surface area (Å²) in [7, 11) is 0. The van der Waals surface area contributed by atoms with Crippen molar-refractivity contribution in [1.82, 2.24) is 5.32 Å². The van der Waals surface area contributed by atoms with Crippen LogP contribution in [0.15, 0.2) is 22.7 Å². The van der Waals surface area contributed by atoms with Gasteiger partial charge in [-0.2, -0.15) is 0 Å². The van der Waals surface area contributed by atoms with Gasteiger partial charge in [-0.25, -0.2) is 0 Å². The first-order valence-electron chi connectivity index (χ1n) is 5.38. The lowest BCUT2D eigenvalue weighted by Crippen LogP contribution is -2.51. The highest BCUT2D eigenvalue weighted by Gasteiger charge is 2.33. The van der Waals surface area contributed by atoms with Crippen molar-refractivity contribution in [3.8, 4) is 0 Å². The Kier molecular flexibility index (Phi) is 2.93. The Morgan fingerprint density at radius 1 is 1.50 bits per heavy atom. The molecule has 1 aliphatic rings. The van der Waals surface area contributed by atoms with Gasteiger partial charge in [0.2, 0.25) is 0 Å². The predicted molar refractivity (Wildman–Crippen MR) is 68.3 cm³/mol. The number of nitrogens with two attached hydrogens (primary N) is 1. The first kappa shape index (κ1) is 11.5. The van der Waals surface area contributed by atoms with Crippen molar-refractivity contribution in [2.24, 2.45) is 0 Å². The largest absolute Gasteiger partial charge is 0.399 e. The zero-order chi connectivity index (χ0) is 11.8. The minimum atomic E-state index is -0.0543. The second-order valence-corrected chi connectivity index (χ2v) is 5.46. The summed E-state index contributed by atoms with van der Waals surface area (Å²) in [5.74, 6) is -0.0543. The highest BCUT2D eigenvalue weighted by atomic mass is 79.9. The molecule has 1 aromatic rings. The van der Waals surface area contributed by atoms with E-state index in [0.29, 0.717) is 11.3 Å². The van der Waals surface area contributed by atoms with Gasteiger partial charge in [-0.1, -0.05) is 0 Å². The lowest BCUT2D eigenvalue weighted by Gasteiger charge is -2.39. The molecule has 0 aromatic heterocycles. The van der Waals surface area contributed by atoms with Crippen molar-refractivity contribution in [2.75, 3.05) is 5.73 Å². The molecule has 0 heterocycles. The van der Waals surface area contributed by atoms with Gasteiger partial charge in [0.15, 0.2) is 0 Å². The van der Waals surface area contributed by atoms with Crippen molar-refractivity contribution in [2.45, 2.75) is 31.7 Å². The van der Waals surface area contributed by atoms with Crippen LogP contribution in [0.4, 0.5) is 5.69 Å². The normalized spacial score (nSPS) is 17.6. The summed E-state index contributed by atoms with van der Waals surface area (Å²) in [6.45, 7) is 2.08. The molecule has 1 fully saturated rings. The van der Waals surface area contributed by atoms with Crippen LogP contribution in [0.2, 0.25) is 0 Å². The molecule has 2 rings (SSSR count).